The summed E-state index contributed by atoms with van der Waals surface area (Å²) in [6.45, 7) is 3.20. The fraction of sp³-hybridized carbons (Fsp3) is 0.720. The molecule has 4 aliphatic rings. The van der Waals surface area contributed by atoms with Crippen LogP contribution in [-0.4, -0.2) is 56.6 Å². The van der Waals surface area contributed by atoms with Crippen molar-refractivity contribution in [2.45, 2.75) is 63.6 Å². The largest absolute Gasteiger partial charge is 0.394 e. The van der Waals surface area contributed by atoms with E-state index in [2.05, 4.69) is 4.90 Å². The molecule has 6 rings (SSSR count). The van der Waals surface area contributed by atoms with Crippen molar-refractivity contribution >= 4 is 11.0 Å². The summed E-state index contributed by atoms with van der Waals surface area (Å²) in [5.41, 5.74) is 2.45. The quantitative estimate of drug-likeness (QED) is 0.747. The maximum absolute atomic E-state index is 13.3. The van der Waals surface area contributed by atoms with Crippen LogP contribution in [0.4, 0.5) is 0 Å². The zero-order chi connectivity index (χ0) is 21.2. The maximum Gasteiger partial charge on any atom is 0.329 e. The van der Waals surface area contributed by atoms with Gasteiger partial charge in [0.15, 0.2) is 0 Å². The standard InChI is InChI=1S/C25H35N3O3/c29-16-20(30)14-27-22-3-1-2-4-23(22)28(24(27)31)19-7-11-26(12-8-19)15-21-17-5-6-18(13-17)25(21)9-10-25/h1-4,17-21,29-30H,5-16H2/t17-,18+,20+,21+/m1/s1. The summed E-state index contributed by atoms with van der Waals surface area (Å²) in [6.07, 6.45) is 8.48. The van der Waals surface area contributed by atoms with Gasteiger partial charge in [0, 0.05) is 25.7 Å². The third-order valence-electron chi connectivity index (χ3n) is 9.27. The van der Waals surface area contributed by atoms with E-state index in [9.17, 15) is 15.0 Å². The minimum absolute atomic E-state index is 0.0582. The van der Waals surface area contributed by atoms with E-state index in [1.54, 1.807) is 4.57 Å². The molecule has 2 heterocycles. The molecule has 168 valence electrons. The van der Waals surface area contributed by atoms with E-state index in [1.165, 1.54) is 38.6 Å². The minimum atomic E-state index is -0.921. The molecule has 2 aromatic rings. The van der Waals surface area contributed by atoms with E-state index >= 15 is 0 Å². The molecule has 3 saturated carbocycles. The highest BCUT2D eigenvalue weighted by molar-refractivity contribution is 5.76. The molecule has 4 atom stereocenters. The first-order chi connectivity index (χ1) is 15.1. The van der Waals surface area contributed by atoms with E-state index in [0.29, 0.717) is 0 Å². The van der Waals surface area contributed by atoms with Gasteiger partial charge in [-0.3, -0.25) is 9.13 Å². The SMILES string of the molecule is O=c1n(C[C@H](O)CO)c2ccccc2n1C1CCN(C[C@H]2[C@@H]3CC[C@@H](C3)C23CC3)CC1. The molecule has 2 bridgehead atoms. The molecular formula is C25H35N3O3. The number of aliphatic hydroxyl groups is 2. The molecule has 2 N–H and O–H groups in total. The van der Waals surface area contributed by atoms with Crippen LogP contribution in [0.15, 0.2) is 29.1 Å². The van der Waals surface area contributed by atoms with Gasteiger partial charge in [0.1, 0.15) is 0 Å². The Labute approximate surface area is 183 Å². The summed E-state index contributed by atoms with van der Waals surface area (Å²) in [5, 5.41) is 19.2. The molecule has 1 saturated heterocycles. The number of likely N-dealkylation sites (tertiary alicyclic amines) is 1. The first kappa shape index (κ1) is 20.0. The second kappa shape index (κ2) is 7.46. The Morgan fingerprint density at radius 1 is 1.06 bits per heavy atom. The molecule has 0 radical (unpaired) electrons. The zero-order valence-electron chi connectivity index (χ0n) is 18.3. The van der Waals surface area contributed by atoms with Gasteiger partial charge in [-0.15, -0.1) is 0 Å². The van der Waals surface area contributed by atoms with Crippen LogP contribution in [0.25, 0.3) is 11.0 Å². The molecule has 4 fully saturated rings. The Hall–Kier alpha value is -1.63. The minimum Gasteiger partial charge on any atom is -0.394 e. The van der Waals surface area contributed by atoms with E-state index in [-0.39, 0.29) is 24.9 Å². The number of aromatic nitrogens is 2. The summed E-state index contributed by atoms with van der Waals surface area (Å²) in [5.74, 6) is 2.93. The number of benzene rings is 1. The summed E-state index contributed by atoms with van der Waals surface area (Å²) >= 11 is 0. The maximum atomic E-state index is 13.3. The molecule has 6 nitrogen and oxygen atoms in total. The number of aliphatic hydroxyl groups excluding tert-OH is 2. The molecule has 31 heavy (non-hydrogen) atoms. The molecule has 0 amide bonds. The van der Waals surface area contributed by atoms with Gasteiger partial charge in [-0.05, 0) is 80.2 Å². The van der Waals surface area contributed by atoms with Crippen LogP contribution in [0.3, 0.4) is 0 Å². The molecule has 3 aliphatic carbocycles. The van der Waals surface area contributed by atoms with Crippen LogP contribution in [0.5, 0.6) is 0 Å². The van der Waals surface area contributed by atoms with Gasteiger partial charge in [-0.2, -0.15) is 0 Å². The monoisotopic (exact) mass is 425 g/mol. The van der Waals surface area contributed by atoms with Crippen molar-refractivity contribution in [2.24, 2.45) is 23.2 Å². The summed E-state index contributed by atoms with van der Waals surface area (Å²) in [7, 11) is 0. The average molecular weight is 426 g/mol. The van der Waals surface area contributed by atoms with Crippen molar-refractivity contribution in [1.29, 1.82) is 0 Å². The van der Waals surface area contributed by atoms with Crippen molar-refractivity contribution in [2.75, 3.05) is 26.2 Å². The average Bonchev–Trinajstić information content (AvgIpc) is 3.21. The van der Waals surface area contributed by atoms with Gasteiger partial charge in [0.25, 0.3) is 0 Å². The summed E-state index contributed by atoms with van der Waals surface area (Å²) in [6, 6.07) is 8.06. The van der Waals surface area contributed by atoms with Crippen LogP contribution in [0.1, 0.15) is 51.0 Å². The number of hydrogen-bond donors (Lipinski definition) is 2. The highest BCUT2D eigenvalue weighted by atomic mass is 16.3. The van der Waals surface area contributed by atoms with E-state index in [0.717, 1.165) is 60.1 Å². The predicted molar refractivity (Wildman–Crippen MR) is 120 cm³/mol. The number of fused-ring (bicyclic) bond motifs is 4. The normalized spacial score (nSPS) is 31.1. The molecule has 1 aliphatic heterocycles. The second-order valence-electron chi connectivity index (χ2n) is 10.7. The van der Waals surface area contributed by atoms with Crippen molar-refractivity contribution in [1.82, 2.24) is 14.0 Å². The molecule has 6 heteroatoms. The highest BCUT2D eigenvalue weighted by Gasteiger charge is 2.63. The van der Waals surface area contributed by atoms with Gasteiger partial charge < -0.3 is 15.1 Å². The molecule has 0 unspecified atom stereocenters. The van der Waals surface area contributed by atoms with Crippen molar-refractivity contribution in [3.8, 4) is 0 Å². The van der Waals surface area contributed by atoms with E-state index in [4.69, 9.17) is 0 Å². The van der Waals surface area contributed by atoms with Gasteiger partial charge in [0.05, 0.1) is 30.3 Å². The Bertz CT molecular complexity index is 1010. The van der Waals surface area contributed by atoms with Crippen molar-refractivity contribution in [3.05, 3.63) is 34.7 Å². The first-order valence-electron chi connectivity index (χ1n) is 12.3. The number of imidazole rings is 1. The summed E-state index contributed by atoms with van der Waals surface area (Å²) < 4.78 is 3.59. The van der Waals surface area contributed by atoms with Crippen LogP contribution in [-0.2, 0) is 6.54 Å². The van der Waals surface area contributed by atoms with Gasteiger partial charge in [-0.25, -0.2) is 4.79 Å². The Balaban J connectivity index is 1.19. The molecule has 1 spiro atoms. The zero-order valence-corrected chi connectivity index (χ0v) is 18.3. The Morgan fingerprint density at radius 2 is 1.81 bits per heavy atom. The lowest BCUT2D eigenvalue weighted by atomic mass is 9.76. The number of para-hydroxylation sites is 2. The Morgan fingerprint density at radius 3 is 2.52 bits per heavy atom. The van der Waals surface area contributed by atoms with Gasteiger partial charge in [0.2, 0.25) is 0 Å². The van der Waals surface area contributed by atoms with E-state index < -0.39 is 6.10 Å². The number of nitrogens with zero attached hydrogens (tertiary/aromatic N) is 3. The third-order valence-corrected chi connectivity index (χ3v) is 9.27. The highest BCUT2D eigenvalue weighted by Crippen LogP contribution is 2.71. The number of piperidine rings is 1. The van der Waals surface area contributed by atoms with Gasteiger partial charge >= 0.3 is 5.69 Å². The predicted octanol–water partition coefficient (Wildman–Crippen LogP) is 2.62. The smallest absolute Gasteiger partial charge is 0.329 e. The lowest BCUT2D eigenvalue weighted by Crippen LogP contribution is -2.42. The number of hydrogen-bond acceptors (Lipinski definition) is 4. The molecular weight excluding hydrogens is 390 g/mol. The fourth-order valence-corrected chi connectivity index (χ4v) is 7.60. The van der Waals surface area contributed by atoms with Crippen LogP contribution < -0.4 is 5.69 Å². The van der Waals surface area contributed by atoms with E-state index in [1.807, 2.05) is 28.8 Å². The van der Waals surface area contributed by atoms with Crippen LogP contribution >= 0.6 is 0 Å². The lowest BCUT2D eigenvalue weighted by molar-refractivity contribution is 0.0806. The van der Waals surface area contributed by atoms with Crippen LogP contribution in [0, 0.1) is 23.2 Å². The first-order valence-corrected chi connectivity index (χ1v) is 12.3. The fourth-order valence-electron chi connectivity index (χ4n) is 7.60. The van der Waals surface area contributed by atoms with Crippen LogP contribution in [0.2, 0.25) is 0 Å². The Kier molecular flexibility index (Phi) is 4.82. The molecule has 1 aromatic carbocycles. The van der Waals surface area contributed by atoms with Crippen molar-refractivity contribution in [3.63, 3.8) is 0 Å². The lowest BCUT2D eigenvalue weighted by Gasteiger charge is -2.39. The summed E-state index contributed by atoms with van der Waals surface area (Å²) in [4.78, 5) is 16.0. The van der Waals surface area contributed by atoms with Crippen molar-refractivity contribution < 1.29 is 10.2 Å². The second-order valence-corrected chi connectivity index (χ2v) is 10.7. The molecule has 1 aromatic heterocycles. The number of rotatable bonds is 6. The third kappa shape index (κ3) is 3.13. The topological polar surface area (TPSA) is 70.6 Å². The van der Waals surface area contributed by atoms with Gasteiger partial charge in [-0.1, -0.05) is 12.1 Å².